The number of rotatable bonds is 6. The number of halogens is 1. The number of hydrogen-bond acceptors (Lipinski definition) is 4. The first-order chi connectivity index (χ1) is 13.2. The van der Waals surface area contributed by atoms with Crippen LogP contribution in [0.15, 0.2) is 23.2 Å². The number of fused-ring (bicyclic) bond motifs is 1. The molecule has 8 heteroatoms. The highest BCUT2D eigenvalue weighted by molar-refractivity contribution is 14.0. The molecule has 0 aromatic heterocycles. The third-order valence-electron chi connectivity index (χ3n) is 4.92. The van der Waals surface area contributed by atoms with Crippen molar-refractivity contribution in [2.45, 2.75) is 38.5 Å². The van der Waals surface area contributed by atoms with Crippen LogP contribution in [0.5, 0.6) is 11.5 Å². The Bertz CT molecular complexity index is 663. The number of carbonyl (C=O) groups excluding carboxylic acids is 1. The van der Waals surface area contributed by atoms with Gasteiger partial charge in [-0.15, -0.1) is 24.0 Å². The lowest BCUT2D eigenvalue weighted by Gasteiger charge is -2.14. The monoisotopic (exact) mass is 502 g/mol. The van der Waals surface area contributed by atoms with E-state index in [1.54, 1.807) is 7.05 Å². The molecule has 3 rings (SSSR count). The van der Waals surface area contributed by atoms with E-state index in [-0.39, 0.29) is 29.9 Å². The van der Waals surface area contributed by atoms with Crippen molar-refractivity contribution in [1.82, 2.24) is 10.6 Å². The normalized spacial score (nSPS) is 16.7. The van der Waals surface area contributed by atoms with Crippen molar-refractivity contribution in [1.29, 1.82) is 0 Å². The van der Waals surface area contributed by atoms with Crippen LogP contribution < -0.4 is 25.4 Å². The molecule has 0 bridgehead atoms. The largest absolute Gasteiger partial charge is 0.490 e. The van der Waals surface area contributed by atoms with Gasteiger partial charge in [0.05, 0.1) is 13.2 Å². The number of carbonyl (C=O) groups is 1. The lowest BCUT2D eigenvalue weighted by Crippen LogP contribution is -2.38. The van der Waals surface area contributed by atoms with Crippen LogP contribution >= 0.6 is 24.0 Å². The topological polar surface area (TPSA) is 84.0 Å². The number of guanidine groups is 1. The summed E-state index contributed by atoms with van der Waals surface area (Å²) in [4.78, 5) is 16.2. The Morgan fingerprint density at radius 2 is 1.79 bits per heavy atom. The summed E-state index contributed by atoms with van der Waals surface area (Å²) in [5, 5.41) is 9.43. The highest BCUT2D eigenvalue weighted by atomic mass is 127. The van der Waals surface area contributed by atoms with E-state index in [2.05, 4.69) is 20.9 Å². The van der Waals surface area contributed by atoms with Gasteiger partial charge in [0.15, 0.2) is 17.5 Å². The Morgan fingerprint density at radius 3 is 2.54 bits per heavy atom. The Morgan fingerprint density at radius 1 is 1.07 bits per heavy atom. The Kier molecular flexibility index (Phi) is 9.66. The molecule has 0 unspecified atom stereocenters. The van der Waals surface area contributed by atoms with Crippen LogP contribution in [0, 0.1) is 5.92 Å². The minimum atomic E-state index is 0. The van der Waals surface area contributed by atoms with E-state index in [1.165, 1.54) is 25.7 Å². The van der Waals surface area contributed by atoms with Crippen LogP contribution in [0.25, 0.3) is 0 Å². The second-order valence-electron chi connectivity index (χ2n) is 7.04. The van der Waals surface area contributed by atoms with Crippen LogP contribution in [0.2, 0.25) is 0 Å². The average molecular weight is 502 g/mol. The van der Waals surface area contributed by atoms with E-state index in [1.807, 2.05) is 18.2 Å². The molecule has 1 aliphatic carbocycles. The number of ether oxygens (including phenoxy) is 2. The Hall–Kier alpha value is -1.71. The fourth-order valence-corrected chi connectivity index (χ4v) is 3.49. The summed E-state index contributed by atoms with van der Waals surface area (Å²) >= 11 is 0. The van der Waals surface area contributed by atoms with Gasteiger partial charge in [-0.05, 0) is 30.9 Å². The molecule has 1 fully saturated rings. The summed E-state index contributed by atoms with van der Waals surface area (Å²) < 4.78 is 11.4. The highest BCUT2D eigenvalue weighted by Crippen LogP contribution is 2.32. The summed E-state index contributed by atoms with van der Waals surface area (Å²) in [6.07, 6.45) is 6.45. The van der Waals surface area contributed by atoms with Gasteiger partial charge < -0.3 is 25.4 Å². The molecule has 156 valence electrons. The molecule has 0 radical (unpaired) electrons. The maximum absolute atomic E-state index is 12.0. The minimum Gasteiger partial charge on any atom is -0.490 e. The first kappa shape index (κ1) is 22.6. The second kappa shape index (κ2) is 12.0. The van der Waals surface area contributed by atoms with Gasteiger partial charge in [-0.2, -0.15) is 0 Å². The summed E-state index contributed by atoms with van der Waals surface area (Å²) in [5.74, 6) is 2.88. The average Bonchev–Trinajstić information content (AvgIpc) is 3.07. The van der Waals surface area contributed by atoms with Gasteiger partial charge in [0, 0.05) is 44.7 Å². The number of nitrogens with one attached hydrogen (secondary N) is 3. The summed E-state index contributed by atoms with van der Waals surface area (Å²) in [6, 6.07) is 5.75. The maximum Gasteiger partial charge on any atom is 0.220 e. The van der Waals surface area contributed by atoms with E-state index >= 15 is 0 Å². The van der Waals surface area contributed by atoms with Gasteiger partial charge in [0.1, 0.15) is 0 Å². The molecule has 28 heavy (non-hydrogen) atoms. The summed E-state index contributed by atoms with van der Waals surface area (Å²) in [5.41, 5.74) is 0.873. The fourth-order valence-electron chi connectivity index (χ4n) is 3.49. The third kappa shape index (κ3) is 7.03. The zero-order chi connectivity index (χ0) is 18.9. The van der Waals surface area contributed by atoms with Gasteiger partial charge in [-0.3, -0.25) is 9.79 Å². The van der Waals surface area contributed by atoms with Crippen molar-refractivity contribution in [2.75, 3.05) is 38.7 Å². The van der Waals surface area contributed by atoms with Crippen molar-refractivity contribution in [2.24, 2.45) is 10.9 Å². The molecule has 1 aromatic rings. The molecule has 3 N–H and O–H groups in total. The van der Waals surface area contributed by atoms with Crippen LogP contribution in [0.1, 0.15) is 38.5 Å². The number of aliphatic imine (C=N–C) groups is 1. The van der Waals surface area contributed by atoms with Crippen LogP contribution in [-0.2, 0) is 4.79 Å². The minimum absolute atomic E-state index is 0. The quantitative estimate of drug-likeness (QED) is 0.241. The first-order valence-electron chi connectivity index (χ1n) is 9.88. The van der Waals surface area contributed by atoms with Gasteiger partial charge in [0.25, 0.3) is 0 Å². The standard InChI is InChI=1S/C20H30N4O3.HI/c1-21-20(23-10-9-22-19(25)13-15-5-2-3-6-15)24-16-7-8-17-18(14-16)27-12-4-11-26-17;/h7-8,14-15H,2-6,9-13H2,1H3,(H,22,25)(H2,21,23,24);1H. The van der Waals surface area contributed by atoms with Crippen molar-refractivity contribution < 1.29 is 14.3 Å². The maximum atomic E-state index is 12.0. The number of hydrogen-bond donors (Lipinski definition) is 3. The highest BCUT2D eigenvalue weighted by Gasteiger charge is 2.18. The Balaban J connectivity index is 0.00000280. The van der Waals surface area contributed by atoms with Gasteiger partial charge in [-0.25, -0.2) is 0 Å². The van der Waals surface area contributed by atoms with Crippen LogP contribution in [0.4, 0.5) is 5.69 Å². The summed E-state index contributed by atoms with van der Waals surface area (Å²) in [7, 11) is 1.72. The molecule has 1 aliphatic heterocycles. The zero-order valence-corrected chi connectivity index (χ0v) is 18.8. The second-order valence-corrected chi connectivity index (χ2v) is 7.04. The number of nitrogens with zero attached hydrogens (tertiary/aromatic N) is 1. The van der Waals surface area contributed by atoms with E-state index in [4.69, 9.17) is 9.47 Å². The van der Waals surface area contributed by atoms with Gasteiger partial charge in [0.2, 0.25) is 5.91 Å². The lowest BCUT2D eigenvalue weighted by atomic mass is 10.0. The molecule has 0 spiro atoms. The molecular weight excluding hydrogens is 471 g/mol. The fraction of sp³-hybridized carbons (Fsp3) is 0.600. The molecule has 1 heterocycles. The van der Waals surface area contributed by atoms with Crippen molar-refractivity contribution in [3.05, 3.63) is 18.2 Å². The van der Waals surface area contributed by atoms with Crippen molar-refractivity contribution in [3.8, 4) is 11.5 Å². The zero-order valence-electron chi connectivity index (χ0n) is 16.5. The smallest absolute Gasteiger partial charge is 0.220 e. The van der Waals surface area contributed by atoms with E-state index in [0.29, 0.717) is 44.6 Å². The molecular formula is C20H31IN4O3. The van der Waals surface area contributed by atoms with E-state index < -0.39 is 0 Å². The molecule has 1 saturated carbocycles. The lowest BCUT2D eigenvalue weighted by molar-refractivity contribution is -0.121. The van der Waals surface area contributed by atoms with Crippen molar-refractivity contribution >= 4 is 41.5 Å². The first-order valence-corrected chi connectivity index (χ1v) is 9.88. The number of amides is 1. The SMILES string of the molecule is CN=C(NCCNC(=O)CC1CCCC1)Nc1ccc2c(c1)OCCCO2.I. The predicted octanol–water partition coefficient (Wildman–Crippen LogP) is 3.15. The van der Waals surface area contributed by atoms with Crippen molar-refractivity contribution in [3.63, 3.8) is 0 Å². The molecule has 1 aromatic carbocycles. The molecule has 0 saturated heterocycles. The van der Waals surface area contributed by atoms with Crippen LogP contribution in [0.3, 0.4) is 0 Å². The molecule has 1 amide bonds. The summed E-state index contributed by atoms with van der Waals surface area (Å²) in [6.45, 7) is 2.52. The van der Waals surface area contributed by atoms with Gasteiger partial charge in [-0.1, -0.05) is 12.8 Å². The van der Waals surface area contributed by atoms with Crippen LogP contribution in [-0.4, -0.2) is 45.2 Å². The van der Waals surface area contributed by atoms with Gasteiger partial charge >= 0.3 is 0 Å². The Labute approximate surface area is 184 Å². The third-order valence-corrected chi connectivity index (χ3v) is 4.92. The molecule has 0 atom stereocenters. The van der Waals surface area contributed by atoms with E-state index in [9.17, 15) is 4.79 Å². The predicted molar refractivity (Wildman–Crippen MR) is 122 cm³/mol. The van der Waals surface area contributed by atoms with E-state index in [0.717, 1.165) is 23.6 Å². The number of benzene rings is 1. The number of anilines is 1. The molecule has 2 aliphatic rings. The molecule has 7 nitrogen and oxygen atoms in total.